The van der Waals surface area contributed by atoms with Crippen LogP contribution in [0, 0.1) is 19.7 Å². The highest BCUT2D eigenvalue weighted by Gasteiger charge is 2.27. The Labute approximate surface area is 245 Å². The lowest BCUT2D eigenvalue weighted by Crippen LogP contribution is -2.38. The van der Waals surface area contributed by atoms with Crippen LogP contribution in [0.15, 0.2) is 101 Å². The van der Waals surface area contributed by atoms with Crippen LogP contribution in [0.5, 0.6) is 5.75 Å². The van der Waals surface area contributed by atoms with E-state index in [1.165, 1.54) is 60.7 Å². The van der Waals surface area contributed by atoms with Crippen molar-refractivity contribution >= 4 is 43.0 Å². The van der Waals surface area contributed by atoms with Gasteiger partial charge in [-0.05, 0) is 111 Å². The van der Waals surface area contributed by atoms with Crippen LogP contribution in [0.4, 0.5) is 21.5 Å². The van der Waals surface area contributed by atoms with E-state index in [2.05, 4.69) is 10.0 Å². The molecule has 12 heteroatoms. The van der Waals surface area contributed by atoms with E-state index in [1.807, 2.05) is 19.1 Å². The minimum atomic E-state index is -4.24. The normalized spacial score (nSPS) is 11.5. The van der Waals surface area contributed by atoms with Gasteiger partial charge in [0.25, 0.3) is 20.0 Å². The van der Waals surface area contributed by atoms with Crippen LogP contribution in [0.2, 0.25) is 0 Å². The molecule has 0 radical (unpaired) electrons. The lowest BCUT2D eigenvalue weighted by Gasteiger charge is -2.24. The van der Waals surface area contributed by atoms with Crippen molar-refractivity contribution in [3.63, 3.8) is 0 Å². The summed E-state index contributed by atoms with van der Waals surface area (Å²) in [6.07, 6.45) is 0. The number of sulfonamides is 2. The van der Waals surface area contributed by atoms with E-state index < -0.39 is 38.3 Å². The fraction of sp³-hybridized carbons (Fsp3) is 0.167. The van der Waals surface area contributed by atoms with Crippen molar-refractivity contribution in [2.75, 3.05) is 27.5 Å². The van der Waals surface area contributed by atoms with Crippen LogP contribution >= 0.6 is 0 Å². The number of nitrogens with one attached hydrogen (secondary N) is 2. The molecule has 0 bridgehead atoms. The summed E-state index contributed by atoms with van der Waals surface area (Å²) in [5.74, 6) is -0.779. The average Bonchev–Trinajstić information content (AvgIpc) is 2.95. The number of ether oxygens (including phenoxy) is 1. The van der Waals surface area contributed by atoms with Crippen molar-refractivity contribution in [2.24, 2.45) is 0 Å². The largest absolute Gasteiger partial charge is 0.494 e. The fourth-order valence-electron chi connectivity index (χ4n) is 4.02. The topological polar surface area (TPSA) is 122 Å². The van der Waals surface area contributed by atoms with Crippen molar-refractivity contribution < 1.29 is 30.8 Å². The zero-order valence-corrected chi connectivity index (χ0v) is 24.8. The highest BCUT2D eigenvalue weighted by Crippen LogP contribution is 2.26. The Morgan fingerprint density at radius 2 is 1.45 bits per heavy atom. The quantitative estimate of drug-likeness (QED) is 0.232. The van der Waals surface area contributed by atoms with Crippen LogP contribution in [-0.2, 0) is 24.8 Å². The molecule has 0 aliphatic heterocycles. The van der Waals surface area contributed by atoms with Crippen molar-refractivity contribution in [1.82, 2.24) is 0 Å². The van der Waals surface area contributed by atoms with Crippen LogP contribution < -0.4 is 19.1 Å². The molecule has 0 atom stereocenters. The Hall–Kier alpha value is -4.42. The zero-order chi connectivity index (χ0) is 30.5. The van der Waals surface area contributed by atoms with E-state index in [1.54, 1.807) is 19.9 Å². The van der Waals surface area contributed by atoms with Gasteiger partial charge in [-0.15, -0.1) is 0 Å². The monoisotopic (exact) mass is 611 g/mol. The fourth-order valence-corrected chi connectivity index (χ4v) is 6.56. The Balaban J connectivity index is 1.53. The van der Waals surface area contributed by atoms with E-state index in [4.69, 9.17) is 4.74 Å². The summed E-state index contributed by atoms with van der Waals surface area (Å²) in [7, 11) is -8.14. The average molecular weight is 612 g/mol. The predicted molar refractivity (Wildman–Crippen MR) is 160 cm³/mol. The molecule has 0 unspecified atom stereocenters. The van der Waals surface area contributed by atoms with Crippen molar-refractivity contribution in [1.29, 1.82) is 0 Å². The second-order valence-corrected chi connectivity index (χ2v) is 12.9. The summed E-state index contributed by atoms with van der Waals surface area (Å²) >= 11 is 0. The molecule has 0 aliphatic rings. The van der Waals surface area contributed by atoms with Crippen molar-refractivity contribution in [3.05, 3.63) is 108 Å². The van der Waals surface area contributed by atoms with Gasteiger partial charge >= 0.3 is 0 Å². The molecule has 9 nitrogen and oxygen atoms in total. The predicted octanol–water partition coefficient (Wildman–Crippen LogP) is 5.48. The minimum Gasteiger partial charge on any atom is -0.494 e. The first-order valence-electron chi connectivity index (χ1n) is 12.9. The van der Waals surface area contributed by atoms with E-state index in [0.717, 1.165) is 27.6 Å². The number of rotatable bonds is 11. The van der Waals surface area contributed by atoms with Gasteiger partial charge in [0.15, 0.2) is 0 Å². The highest BCUT2D eigenvalue weighted by molar-refractivity contribution is 7.93. The molecule has 1 amide bonds. The first-order valence-corrected chi connectivity index (χ1v) is 15.8. The summed E-state index contributed by atoms with van der Waals surface area (Å²) in [4.78, 5) is 12.9. The van der Waals surface area contributed by atoms with Crippen molar-refractivity contribution in [2.45, 2.75) is 30.6 Å². The molecule has 0 fully saturated rings. The van der Waals surface area contributed by atoms with Gasteiger partial charge in [0.05, 0.1) is 27.8 Å². The molecule has 220 valence electrons. The van der Waals surface area contributed by atoms with E-state index in [0.29, 0.717) is 18.0 Å². The van der Waals surface area contributed by atoms with Gasteiger partial charge in [-0.3, -0.25) is 13.8 Å². The second kappa shape index (κ2) is 12.6. The van der Waals surface area contributed by atoms with Crippen molar-refractivity contribution in [3.8, 4) is 5.75 Å². The van der Waals surface area contributed by atoms with Gasteiger partial charge in [-0.2, -0.15) is 0 Å². The number of carbonyl (C=O) groups excluding carboxylic acids is 1. The smallest absolute Gasteiger partial charge is 0.264 e. The third kappa shape index (κ3) is 7.25. The van der Waals surface area contributed by atoms with Crippen LogP contribution in [-0.4, -0.2) is 35.9 Å². The van der Waals surface area contributed by atoms with Gasteiger partial charge in [0.1, 0.15) is 18.1 Å². The van der Waals surface area contributed by atoms with Gasteiger partial charge in [-0.25, -0.2) is 21.2 Å². The van der Waals surface area contributed by atoms with E-state index in [9.17, 15) is 26.0 Å². The molecule has 4 rings (SSSR count). The van der Waals surface area contributed by atoms with Gasteiger partial charge in [0, 0.05) is 5.69 Å². The number of benzene rings is 4. The number of halogens is 1. The molecule has 2 N–H and O–H groups in total. The maximum atomic E-state index is 13.6. The Morgan fingerprint density at radius 3 is 2.07 bits per heavy atom. The number of carbonyl (C=O) groups is 1. The summed E-state index contributed by atoms with van der Waals surface area (Å²) in [5, 5.41) is 2.59. The molecule has 42 heavy (non-hydrogen) atoms. The molecule has 4 aromatic rings. The molecule has 0 aromatic heterocycles. The Kier molecular flexibility index (Phi) is 9.17. The third-order valence-corrected chi connectivity index (χ3v) is 9.38. The standard InChI is InChI=1S/C30H30FN3O6S2/c1-4-40-26-13-17-28(18-14-26)42(38,39)34(25-11-7-23(31)8-12-25)20-30(35)32-24-9-15-27(16-10-24)41(36,37)33-29-19-21(2)5-6-22(29)3/h5-19,33H,4,20H2,1-3H3,(H,32,35). The van der Waals surface area contributed by atoms with Gasteiger partial charge < -0.3 is 10.1 Å². The minimum absolute atomic E-state index is 0.0209. The molecule has 0 saturated carbocycles. The maximum absolute atomic E-state index is 13.6. The maximum Gasteiger partial charge on any atom is 0.264 e. The lowest BCUT2D eigenvalue weighted by molar-refractivity contribution is -0.114. The molecule has 0 spiro atoms. The van der Waals surface area contributed by atoms with Crippen LogP contribution in [0.1, 0.15) is 18.1 Å². The summed E-state index contributed by atoms with van der Waals surface area (Å²) < 4.78 is 75.4. The molecule has 0 saturated heterocycles. The number of hydrogen-bond donors (Lipinski definition) is 2. The summed E-state index contributed by atoms with van der Waals surface area (Å²) in [5.41, 5.74) is 2.46. The molecule has 0 heterocycles. The summed E-state index contributed by atoms with van der Waals surface area (Å²) in [6.45, 7) is 5.23. The van der Waals surface area contributed by atoms with E-state index >= 15 is 0 Å². The first-order chi connectivity index (χ1) is 19.9. The number of nitrogens with zero attached hydrogens (tertiary/aromatic N) is 1. The Bertz CT molecular complexity index is 1780. The molecular weight excluding hydrogens is 581 g/mol. The summed E-state index contributed by atoms with van der Waals surface area (Å²) in [6, 6.07) is 21.3. The number of anilines is 3. The lowest BCUT2D eigenvalue weighted by atomic mass is 10.1. The number of hydrogen-bond acceptors (Lipinski definition) is 6. The second-order valence-electron chi connectivity index (χ2n) is 9.39. The Morgan fingerprint density at radius 1 is 0.833 bits per heavy atom. The first kappa shape index (κ1) is 30.5. The zero-order valence-electron chi connectivity index (χ0n) is 23.2. The van der Waals surface area contributed by atoms with Crippen LogP contribution in [0.25, 0.3) is 0 Å². The van der Waals surface area contributed by atoms with Crippen LogP contribution in [0.3, 0.4) is 0 Å². The van der Waals surface area contributed by atoms with E-state index in [-0.39, 0.29) is 21.2 Å². The SMILES string of the molecule is CCOc1ccc(S(=O)(=O)N(CC(=O)Nc2ccc(S(=O)(=O)Nc3cc(C)ccc3C)cc2)c2ccc(F)cc2)cc1. The molecular formula is C30H30FN3O6S2. The number of amides is 1. The highest BCUT2D eigenvalue weighted by atomic mass is 32.2. The third-order valence-electron chi connectivity index (χ3n) is 6.21. The molecule has 0 aliphatic carbocycles. The van der Waals surface area contributed by atoms with Gasteiger partial charge in [-0.1, -0.05) is 12.1 Å². The molecule has 4 aromatic carbocycles. The number of aryl methyl sites for hydroxylation is 2. The van der Waals surface area contributed by atoms with Gasteiger partial charge in [0.2, 0.25) is 5.91 Å².